The maximum atomic E-state index is 11.7. The predicted octanol–water partition coefficient (Wildman–Crippen LogP) is -1.06. The summed E-state index contributed by atoms with van der Waals surface area (Å²) >= 11 is 0. The number of rotatable bonds is 1. The van der Waals surface area contributed by atoms with Crippen molar-refractivity contribution in [2.45, 2.75) is 12.3 Å². The van der Waals surface area contributed by atoms with Crippen LogP contribution in [-0.4, -0.2) is 39.1 Å². The molecule has 0 fully saturated rings. The fourth-order valence-corrected chi connectivity index (χ4v) is 2.28. The molecule has 2 N–H and O–H groups in total. The fraction of sp³-hybridized carbons (Fsp3) is 0.400. The molecule has 2 aliphatic heterocycles. The lowest BCUT2D eigenvalue weighted by Gasteiger charge is -2.26. The number of aromatic nitrogens is 2. The van der Waals surface area contributed by atoms with Gasteiger partial charge in [-0.2, -0.15) is 0 Å². The Hall–Kier alpha value is -1.66. The zero-order valence-corrected chi connectivity index (χ0v) is 8.45. The molecule has 0 bridgehead atoms. The Kier molecular flexibility index (Phi) is 1.89. The number of aliphatic hydroxyl groups is 2. The van der Waals surface area contributed by atoms with Crippen LogP contribution in [0.25, 0.3) is 6.08 Å². The third-order valence-electron chi connectivity index (χ3n) is 3.01. The predicted molar refractivity (Wildman–Crippen MR) is 57.0 cm³/mol. The van der Waals surface area contributed by atoms with Crippen LogP contribution in [0.1, 0.15) is 11.7 Å². The van der Waals surface area contributed by atoms with E-state index in [1.54, 1.807) is 17.1 Å². The Labute approximate surface area is 91.1 Å². The summed E-state index contributed by atoms with van der Waals surface area (Å²) in [5.74, 6) is 0.599. The van der Waals surface area contributed by atoms with Crippen molar-refractivity contribution >= 4 is 11.9 Å². The van der Waals surface area contributed by atoms with Gasteiger partial charge >= 0.3 is 0 Å². The summed E-state index contributed by atoms with van der Waals surface area (Å²) in [4.78, 5) is 17.4. The molecule has 0 saturated heterocycles. The first-order chi connectivity index (χ1) is 7.72. The van der Waals surface area contributed by atoms with Crippen molar-refractivity contribution in [1.29, 1.82) is 0 Å². The monoisotopic (exact) mass is 221 g/mol. The summed E-state index contributed by atoms with van der Waals surface area (Å²) in [6, 6.07) is -0.307. The van der Waals surface area contributed by atoms with Gasteiger partial charge in [-0.3, -0.25) is 9.36 Å². The van der Waals surface area contributed by atoms with E-state index in [1.165, 1.54) is 10.8 Å². The zero-order chi connectivity index (χ0) is 11.3. The molecule has 0 spiro atoms. The maximum absolute atomic E-state index is 11.7. The summed E-state index contributed by atoms with van der Waals surface area (Å²) < 4.78 is 1.50. The average Bonchev–Trinajstić information content (AvgIpc) is 2.68. The molecule has 3 rings (SSSR count). The second-order valence-electron chi connectivity index (χ2n) is 3.94. The molecule has 2 atom stereocenters. The standard InChI is InChI=1S/C10H11N3O3/c14-5-6-4-12-8(15)2-1-7-10(12)13(6)9(16)3-11-7/h1-3,6,8,14-15H,4-5H2/t6-,8?/m0/s1. The molecular weight excluding hydrogens is 210 g/mol. The third kappa shape index (κ3) is 1.08. The highest BCUT2D eigenvalue weighted by atomic mass is 16.3. The molecule has 6 nitrogen and oxygen atoms in total. The van der Waals surface area contributed by atoms with Crippen molar-refractivity contribution in [1.82, 2.24) is 9.55 Å². The molecule has 1 aromatic rings. The van der Waals surface area contributed by atoms with Gasteiger partial charge in [-0.15, -0.1) is 0 Å². The van der Waals surface area contributed by atoms with Gasteiger partial charge in [-0.25, -0.2) is 4.98 Å². The van der Waals surface area contributed by atoms with Crippen LogP contribution in [0.4, 0.5) is 5.82 Å². The lowest BCUT2D eigenvalue weighted by atomic mass is 10.2. The van der Waals surface area contributed by atoms with Crippen LogP contribution in [0, 0.1) is 0 Å². The SMILES string of the molecule is O=c1cnc2c3n1[C@H](CO)CN3C(O)C=C2. The fourth-order valence-electron chi connectivity index (χ4n) is 2.28. The minimum absolute atomic E-state index is 0.125. The van der Waals surface area contributed by atoms with Crippen LogP contribution in [0.15, 0.2) is 17.1 Å². The Morgan fingerprint density at radius 1 is 1.56 bits per heavy atom. The summed E-state index contributed by atoms with van der Waals surface area (Å²) in [7, 11) is 0. The molecule has 2 aliphatic rings. The van der Waals surface area contributed by atoms with E-state index < -0.39 is 6.23 Å². The van der Waals surface area contributed by atoms with Crippen LogP contribution in [0.2, 0.25) is 0 Å². The van der Waals surface area contributed by atoms with E-state index in [-0.39, 0.29) is 18.2 Å². The molecule has 0 radical (unpaired) electrons. The molecule has 0 saturated carbocycles. The largest absolute Gasteiger partial charge is 0.394 e. The van der Waals surface area contributed by atoms with E-state index in [9.17, 15) is 15.0 Å². The summed E-state index contributed by atoms with van der Waals surface area (Å²) in [6.07, 6.45) is 3.79. The molecule has 84 valence electrons. The van der Waals surface area contributed by atoms with Gasteiger partial charge in [0.15, 0.2) is 0 Å². The van der Waals surface area contributed by atoms with Crippen molar-refractivity contribution < 1.29 is 10.2 Å². The van der Waals surface area contributed by atoms with Crippen LogP contribution in [0.5, 0.6) is 0 Å². The van der Waals surface area contributed by atoms with Crippen LogP contribution < -0.4 is 10.5 Å². The maximum Gasteiger partial charge on any atom is 0.271 e. The van der Waals surface area contributed by atoms with Gasteiger partial charge in [0.25, 0.3) is 5.56 Å². The molecule has 0 aliphatic carbocycles. The zero-order valence-electron chi connectivity index (χ0n) is 8.45. The minimum atomic E-state index is -0.751. The van der Waals surface area contributed by atoms with E-state index >= 15 is 0 Å². The van der Waals surface area contributed by atoms with E-state index in [2.05, 4.69) is 4.98 Å². The lowest BCUT2D eigenvalue weighted by molar-refractivity contribution is 0.206. The molecule has 0 aromatic carbocycles. The molecule has 3 heterocycles. The van der Waals surface area contributed by atoms with Gasteiger partial charge in [-0.05, 0) is 12.2 Å². The number of aliphatic hydroxyl groups excluding tert-OH is 2. The van der Waals surface area contributed by atoms with Gasteiger partial charge in [0.1, 0.15) is 17.7 Å². The van der Waals surface area contributed by atoms with Crippen molar-refractivity contribution in [2.24, 2.45) is 0 Å². The third-order valence-corrected chi connectivity index (χ3v) is 3.01. The van der Waals surface area contributed by atoms with Crippen LogP contribution >= 0.6 is 0 Å². The molecule has 16 heavy (non-hydrogen) atoms. The Bertz CT molecular complexity index is 523. The summed E-state index contributed by atoms with van der Waals surface area (Å²) in [5, 5.41) is 19.0. The van der Waals surface area contributed by atoms with Crippen LogP contribution in [0.3, 0.4) is 0 Å². The Morgan fingerprint density at radius 3 is 3.12 bits per heavy atom. The highest BCUT2D eigenvalue weighted by Crippen LogP contribution is 2.33. The van der Waals surface area contributed by atoms with Crippen LogP contribution in [-0.2, 0) is 0 Å². The normalized spacial score (nSPS) is 26.0. The summed E-state index contributed by atoms with van der Waals surface area (Å²) in [5.41, 5.74) is 0.406. The van der Waals surface area contributed by atoms with Gasteiger partial charge in [0.05, 0.1) is 18.8 Å². The van der Waals surface area contributed by atoms with E-state index in [0.717, 1.165) is 0 Å². The topological polar surface area (TPSA) is 78.6 Å². The first-order valence-corrected chi connectivity index (χ1v) is 5.07. The van der Waals surface area contributed by atoms with Crippen molar-refractivity contribution in [3.8, 4) is 0 Å². The second kappa shape index (κ2) is 3.16. The quantitative estimate of drug-likeness (QED) is 0.632. The van der Waals surface area contributed by atoms with E-state index in [4.69, 9.17) is 0 Å². The first kappa shape index (κ1) is 9.56. The van der Waals surface area contributed by atoms with Crippen molar-refractivity contribution in [3.05, 3.63) is 28.3 Å². The smallest absolute Gasteiger partial charge is 0.271 e. The Morgan fingerprint density at radius 2 is 2.38 bits per heavy atom. The number of anilines is 1. The number of hydrogen-bond donors (Lipinski definition) is 2. The molecule has 6 heteroatoms. The van der Waals surface area contributed by atoms with Gasteiger partial charge < -0.3 is 15.1 Å². The highest BCUT2D eigenvalue weighted by molar-refractivity contribution is 5.67. The van der Waals surface area contributed by atoms with Gasteiger partial charge in [0.2, 0.25) is 0 Å². The first-order valence-electron chi connectivity index (χ1n) is 5.07. The molecular formula is C10H11N3O3. The average molecular weight is 221 g/mol. The number of hydrogen-bond acceptors (Lipinski definition) is 5. The number of nitrogens with zero attached hydrogens (tertiary/aromatic N) is 3. The van der Waals surface area contributed by atoms with Gasteiger partial charge in [-0.1, -0.05) is 0 Å². The van der Waals surface area contributed by atoms with Crippen molar-refractivity contribution in [3.63, 3.8) is 0 Å². The second-order valence-corrected chi connectivity index (χ2v) is 3.94. The lowest BCUT2D eigenvalue weighted by Crippen LogP contribution is -2.35. The van der Waals surface area contributed by atoms with Crippen molar-refractivity contribution in [2.75, 3.05) is 18.1 Å². The molecule has 0 amide bonds. The molecule has 1 aromatic heterocycles. The van der Waals surface area contributed by atoms with E-state index in [1.807, 2.05) is 0 Å². The highest BCUT2D eigenvalue weighted by Gasteiger charge is 2.35. The van der Waals surface area contributed by atoms with Gasteiger partial charge in [0, 0.05) is 6.54 Å². The Balaban J connectivity index is 2.28. The van der Waals surface area contributed by atoms with E-state index in [0.29, 0.717) is 18.1 Å². The molecule has 1 unspecified atom stereocenters. The minimum Gasteiger partial charge on any atom is -0.394 e. The summed E-state index contributed by atoms with van der Waals surface area (Å²) in [6.45, 7) is 0.301.